The summed E-state index contributed by atoms with van der Waals surface area (Å²) >= 11 is 6.41. The van der Waals surface area contributed by atoms with E-state index in [2.05, 4.69) is 16.2 Å². The average molecular weight is 615 g/mol. The molecule has 0 aromatic heterocycles. The molecule has 5 atom stereocenters. The molecule has 1 aromatic carbocycles. The molecule has 2 aliphatic heterocycles. The van der Waals surface area contributed by atoms with Crippen LogP contribution in [0.1, 0.15) is 76.1 Å². The molecule has 2 bridgehead atoms. The third-order valence-corrected chi connectivity index (χ3v) is 12.0. The third-order valence-electron chi connectivity index (χ3n) is 9.86. The number of hydrogen-bond acceptors (Lipinski definition) is 6. The van der Waals surface area contributed by atoms with Crippen molar-refractivity contribution in [2.75, 3.05) is 24.6 Å². The number of carbonyl (C=O) groups excluding carboxylic acids is 1. The first kappa shape index (κ1) is 30.9. The Bertz CT molecular complexity index is 1450. The average Bonchev–Trinajstić information content (AvgIpc) is 3.07. The maximum absolute atomic E-state index is 13.2. The molecule has 42 heavy (non-hydrogen) atoms. The monoisotopic (exact) mass is 614 g/mol. The largest absolute Gasteiger partial charge is 0.490 e. The van der Waals surface area contributed by atoms with Crippen molar-refractivity contribution in [3.05, 3.63) is 70.8 Å². The van der Waals surface area contributed by atoms with E-state index in [0.717, 1.165) is 48.9 Å². The third kappa shape index (κ3) is 6.08. The topological polar surface area (TPSA) is 95.9 Å². The molecule has 5 rings (SSSR count). The number of carbonyl (C=O) groups is 1. The normalized spacial score (nSPS) is 35.5. The van der Waals surface area contributed by atoms with Crippen molar-refractivity contribution in [3.8, 4) is 5.75 Å². The van der Waals surface area contributed by atoms with Gasteiger partial charge in [-0.15, -0.1) is 0 Å². The standard InChI is InChI=1S/C33H43ClN2O5S/c1-5-27(34)17-24-10-8-16-33(23(24)3)20-36-19-26-11-13-28(26)32(4,38)15-7-6-9-22(2)42(39,40)35-31(37)25-12-14-30(41-21-33)29(36)18-25/h5,7,12,14-15,17-18,22,26,28,38H,3,6,8-11,13,16,19-21H2,1-2,4H3,(H,35,37)/b15-7+,24-17-,27-5+/t22-,26-,28+,32-,33-/m0/s1. The smallest absolute Gasteiger partial charge is 0.264 e. The van der Waals surface area contributed by atoms with Crippen LogP contribution < -0.4 is 14.4 Å². The van der Waals surface area contributed by atoms with E-state index in [0.29, 0.717) is 43.3 Å². The van der Waals surface area contributed by atoms with Crippen LogP contribution in [0.5, 0.6) is 5.75 Å². The minimum absolute atomic E-state index is 0.0661. The van der Waals surface area contributed by atoms with Crippen molar-refractivity contribution < 1.29 is 23.1 Å². The number of rotatable bonds is 1. The fraction of sp³-hybridized carbons (Fsp3) is 0.545. The quantitative estimate of drug-likeness (QED) is 0.363. The molecule has 1 aromatic rings. The number of aliphatic hydroxyl groups is 1. The van der Waals surface area contributed by atoms with E-state index >= 15 is 0 Å². The fourth-order valence-corrected chi connectivity index (χ4v) is 8.12. The maximum atomic E-state index is 13.2. The Morgan fingerprint density at radius 1 is 1.29 bits per heavy atom. The number of nitrogens with zero attached hydrogens (tertiary/aromatic N) is 1. The first-order chi connectivity index (χ1) is 19.8. The number of benzene rings is 1. The Hall–Kier alpha value is -2.55. The molecule has 2 heterocycles. The van der Waals surface area contributed by atoms with Crippen LogP contribution in [0.25, 0.3) is 0 Å². The zero-order chi connectivity index (χ0) is 30.3. The summed E-state index contributed by atoms with van der Waals surface area (Å²) in [6.07, 6.45) is 13.1. The van der Waals surface area contributed by atoms with Gasteiger partial charge in [-0.25, -0.2) is 13.1 Å². The molecule has 2 saturated carbocycles. The molecule has 2 fully saturated rings. The predicted octanol–water partition coefficient (Wildman–Crippen LogP) is 6.26. The second kappa shape index (κ2) is 11.9. The Balaban J connectivity index is 1.57. The number of sulfonamides is 1. The highest BCUT2D eigenvalue weighted by atomic mass is 35.5. The van der Waals surface area contributed by atoms with E-state index in [9.17, 15) is 18.3 Å². The van der Waals surface area contributed by atoms with Gasteiger partial charge in [-0.2, -0.15) is 0 Å². The summed E-state index contributed by atoms with van der Waals surface area (Å²) in [6.45, 7) is 11.7. The lowest BCUT2D eigenvalue weighted by Gasteiger charge is -2.48. The first-order valence-electron chi connectivity index (χ1n) is 15.1. The number of hydrogen-bond donors (Lipinski definition) is 2. The van der Waals surface area contributed by atoms with Gasteiger partial charge in [-0.3, -0.25) is 4.79 Å². The lowest BCUT2D eigenvalue weighted by Crippen LogP contribution is -2.50. The van der Waals surface area contributed by atoms with Crippen LogP contribution in [0.15, 0.2) is 65.3 Å². The van der Waals surface area contributed by atoms with Crippen molar-refractivity contribution in [1.29, 1.82) is 0 Å². The van der Waals surface area contributed by atoms with E-state index in [4.69, 9.17) is 16.3 Å². The van der Waals surface area contributed by atoms with E-state index in [1.165, 1.54) is 0 Å². The second-order valence-electron chi connectivity index (χ2n) is 12.7. The number of nitrogens with one attached hydrogen (secondary N) is 1. The Morgan fingerprint density at radius 3 is 2.79 bits per heavy atom. The van der Waals surface area contributed by atoms with E-state index in [1.807, 2.05) is 38.2 Å². The molecule has 4 aliphatic rings. The van der Waals surface area contributed by atoms with E-state index in [1.54, 1.807) is 25.1 Å². The van der Waals surface area contributed by atoms with Crippen molar-refractivity contribution >= 4 is 33.2 Å². The van der Waals surface area contributed by atoms with Gasteiger partial charge in [0.2, 0.25) is 10.0 Å². The van der Waals surface area contributed by atoms with Crippen molar-refractivity contribution in [3.63, 3.8) is 0 Å². The summed E-state index contributed by atoms with van der Waals surface area (Å²) in [7, 11) is -3.89. The molecule has 1 spiro atoms. The predicted molar refractivity (Wildman–Crippen MR) is 168 cm³/mol. The van der Waals surface area contributed by atoms with Gasteiger partial charge in [0.1, 0.15) is 5.75 Å². The lowest BCUT2D eigenvalue weighted by molar-refractivity contribution is -0.0315. The van der Waals surface area contributed by atoms with Crippen molar-refractivity contribution in [2.45, 2.75) is 76.6 Å². The number of halogens is 1. The maximum Gasteiger partial charge on any atom is 0.264 e. The molecule has 228 valence electrons. The van der Waals surface area contributed by atoms with Gasteiger partial charge < -0.3 is 14.7 Å². The summed E-state index contributed by atoms with van der Waals surface area (Å²) in [6, 6.07) is 5.15. The van der Waals surface area contributed by atoms with Gasteiger partial charge in [0.15, 0.2) is 0 Å². The fourth-order valence-electron chi connectivity index (χ4n) is 6.97. The van der Waals surface area contributed by atoms with Crippen LogP contribution >= 0.6 is 11.6 Å². The number of anilines is 1. The highest BCUT2D eigenvalue weighted by molar-refractivity contribution is 7.90. The second-order valence-corrected chi connectivity index (χ2v) is 15.3. The van der Waals surface area contributed by atoms with Crippen LogP contribution in [0.4, 0.5) is 5.69 Å². The summed E-state index contributed by atoms with van der Waals surface area (Å²) in [4.78, 5) is 15.5. The number of allylic oxidation sites excluding steroid dienone is 5. The van der Waals surface area contributed by atoms with Crippen LogP contribution in [-0.2, 0) is 10.0 Å². The van der Waals surface area contributed by atoms with Crippen LogP contribution in [0.3, 0.4) is 0 Å². The van der Waals surface area contributed by atoms with Gasteiger partial charge in [0.05, 0.1) is 23.1 Å². The summed E-state index contributed by atoms with van der Waals surface area (Å²) in [5.41, 5.74) is 1.80. The van der Waals surface area contributed by atoms with Crippen LogP contribution in [0.2, 0.25) is 0 Å². The Labute approximate surface area is 255 Å². The molecule has 0 unspecified atom stereocenters. The molecule has 2 N–H and O–H groups in total. The van der Waals surface area contributed by atoms with E-state index in [-0.39, 0.29) is 22.8 Å². The highest BCUT2D eigenvalue weighted by Crippen LogP contribution is 2.50. The number of amides is 1. The Morgan fingerprint density at radius 2 is 2.07 bits per heavy atom. The minimum atomic E-state index is -3.89. The molecule has 9 heteroatoms. The first-order valence-corrected chi connectivity index (χ1v) is 17.0. The minimum Gasteiger partial charge on any atom is -0.490 e. The van der Waals surface area contributed by atoms with Crippen LogP contribution in [-0.4, -0.2) is 50.0 Å². The van der Waals surface area contributed by atoms with Gasteiger partial charge in [-0.05, 0) is 113 Å². The van der Waals surface area contributed by atoms with Gasteiger partial charge >= 0.3 is 0 Å². The zero-order valence-electron chi connectivity index (χ0n) is 24.9. The van der Waals surface area contributed by atoms with Gasteiger partial charge in [0.25, 0.3) is 5.91 Å². The SMILES string of the molecule is C=C1/C(=C\C(Cl)=C/C)CCC[C@]12COc1ccc3cc1N(C[C@@H]1CC[C@H]1[C@@](C)(O)/C=C/CC[C@H](C)S(=O)(=O)NC3=O)C2. The van der Waals surface area contributed by atoms with Crippen molar-refractivity contribution in [1.82, 2.24) is 4.72 Å². The van der Waals surface area contributed by atoms with Gasteiger partial charge in [-0.1, -0.05) is 36.4 Å². The van der Waals surface area contributed by atoms with Gasteiger partial charge in [0, 0.05) is 29.1 Å². The highest BCUT2D eigenvalue weighted by Gasteiger charge is 2.46. The lowest BCUT2D eigenvalue weighted by atomic mass is 9.64. The summed E-state index contributed by atoms with van der Waals surface area (Å²) in [5.74, 6) is 0.306. The van der Waals surface area contributed by atoms with Crippen molar-refractivity contribution in [2.24, 2.45) is 17.3 Å². The van der Waals surface area contributed by atoms with E-state index < -0.39 is 26.8 Å². The summed E-state index contributed by atoms with van der Waals surface area (Å²) in [5, 5.41) is 11.4. The summed E-state index contributed by atoms with van der Waals surface area (Å²) < 4.78 is 34.7. The molecular weight excluding hydrogens is 572 g/mol. The molecule has 2 aliphatic carbocycles. The molecule has 0 radical (unpaired) electrons. The molecule has 7 nitrogen and oxygen atoms in total. The molecule has 1 amide bonds. The Kier molecular flexibility index (Phi) is 8.72. The molecule has 0 saturated heterocycles. The zero-order valence-corrected chi connectivity index (χ0v) is 26.4. The van der Waals surface area contributed by atoms with Crippen LogP contribution in [0, 0.1) is 17.3 Å². The molecular formula is C33H43ClN2O5S. The number of ether oxygens (including phenoxy) is 1. The number of fused-ring (bicyclic) bond motifs is 2.